The van der Waals surface area contributed by atoms with Gasteiger partial charge in [-0.2, -0.15) is 0 Å². The highest BCUT2D eigenvalue weighted by Gasteiger charge is 2.30. The Morgan fingerprint density at radius 2 is 1.77 bits per heavy atom. The highest BCUT2D eigenvalue weighted by Crippen LogP contribution is 2.25. The van der Waals surface area contributed by atoms with Crippen molar-refractivity contribution in [2.45, 2.75) is 26.4 Å². The van der Waals surface area contributed by atoms with Gasteiger partial charge in [0.15, 0.2) is 5.60 Å². The molecule has 3 aromatic rings. The zero-order valence-corrected chi connectivity index (χ0v) is 16.3. The summed E-state index contributed by atoms with van der Waals surface area (Å²) in [5.74, 6) is 0.355. The van der Waals surface area contributed by atoms with Crippen LogP contribution >= 0.6 is 22.9 Å². The molecule has 1 aromatic heterocycles. The van der Waals surface area contributed by atoms with Gasteiger partial charge in [0.25, 0.3) is 5.91 Å². The van der Waals surface area contributed by atoms with Crippen molar-refractivity contribution in [1.29, 1.82) is 0 Å². The van der Waals surface area contributed by atoms with Crippen LogP contribution in [0.3, 0.4) is 0 Å². The molecule has 0 atom stereocenters. The monoisotopic (exact) mass is 386 g/mol. The van der Waals surface area contributed by atoms with Crippen molar-refractivity contribution in [3.63, 3.8) is 0 Å². The van der Waals surface area contributed by atoms with E-state index < -0.39 is 5.60 Å². The number of nitrogens with zero attached hydrogens (tertiary/aromatic N) is 1. The number of aromatic nitrogens is 1. The first kappa shape index (κ1) is 18.4. The molecule has 1 amide bonds. The van der Waals surface area contributed by atoms with E-state index in [-0.39, 0.29) is 5.91 Å². The van der Waals surface area contributed by atoms with Gasteiger partial charge in [-0.1, -0.05) is 23.7 Å². The smallest absolute Gasteiger partial charge is 0.267 e. The van der Waals surface area contributed by atoms with Gasteiger partial charge in [-0.15, -0.1) is 11.3 Å². The molecule has 1 N–H and O–H groups in total. The molecule has 6 heteroatoms. The third kappa shape index (κ3) is 4.42. The van der Waals surface area contributed by atoms with Gasteiger partial charge in [-0.05, 0) is 57.2 Å². The number of nitrogens with one attached hydrogen (secondary N) is 1. The number of thiazole rings is 1. The zero-order valence-electron chi connectivity index (χ0n) is 14.7. The zero-order chi connectivity index (χ0) is 18.7. The number of ether oxygens (including phenoxy) is 1. The Kier molecular flexibility index (Phi) is 5.30. The van der Waals surface area contributed by atoms with Crippen molar-refractivity contribution < 1.29 is 9.53 Å². The largest absolute Gasteiger partial charge is 0.478 e. The van der Waals surface area contributed by atoms with E-state index in [9.17, 15) is 4.79 Å². The molecule has 3 rings (SSSR count). The second-order valence-corrected chi connectivity index (χ2v) is 7.85. The summed E-state index contributed by atoms with van der Waals surface area (Å²) in [5, 5.41) is 6.56. The Morgan fingerprint density at radius 1 is 1.12 bits per heavy atom. The molecule has 0 aliphatic heterocycles. The highest BCUT2D eigenvalue weighted by molar-refractivity contribution is 7.09. The van der Waals surface area contributed by atoms with E-state index in [2.05, 4.69) is 10.3 Å². The molecular formula is C20H19ClN2O2S. The van der Waals surface area contributed by atoms with Crippen LogP contribution in [0.4, 0.5) is 5.69 Å². The summed E-state index contributed by atoms with van der Waals surface area (Å²) in [4.78, 5) is 17.1. The summed E-state index contributed by atoms with van der Waals surface area (Å²) in [7, 11) is 0. The van der Waals surface area contributed by atoms with Gasteiger partial charge in [-0.25, -0.2) is 4.98 Å². The minimum Gasteiger partial charge on any atom is -0.478 e. The predicted molar refractivity (Wildman–Crippen MR) is 107 cm³/mol. The number of benzene rings is 2. The first-order valence-electron chi connectivity index (χ1n) is 8.12. The molecule has 0 bridgehead atoms. The molecule has 2 aromatic carbocycles. The Bertz CT molecular complexity index is 902. The highest BCUT2D eigenvalue weighted by atomic mass is 35.5. The normalized spacial score (nSPS) is 11.2. The summed E-state index contributed by atoms with van der Waals surface area (Å²) >= 11 is 7.49. The molecule has 4 nitrogen and oxygen atoms in total. The number of carbonyl (C=O) groups excluding carboxylic acids is 1. The summed E-state index contributed by atoms with van der Waals surface area (Å²) in [5.41, 5.74) is 1.64. The van der Waals surface area contributed by atoms with Crippen molar-refractivity contribution in [1.82, 2.24) is 4.98 Å². The van der Waals surface area contributed by atoms with Crippen molar-refractivity contribution in [2.24, 2.45) is 0 Å². The van der Waals surface area contributed by atoms with Gasteiger partial charge in [-0.3, -0.25) is 4.79 Å². The van der Waals surface area contributed by atoms with E-state index >= 15 is 0 Å². The van der Waals surface area contributed by atoms with E-state index in [4.69, 9.17) is 16.3 Å². The molecule has 26 heavy (non-hydrogen) atoms. The molecule has 0 spiro atoms. The quantitative estimate of drug-likeness (QED) is 0.623. The van der Waals surface area contributed by atoms with E-state index in [1.54, 1.807) is 49.4 Å². The summed E-state index contributed by atoms with van der Waals surface area (Å²) in [6.07, 6.45) is 0. The average Bonchev–Trinajstić information content (AvgIpc) is 3.04. The van der Waals surface area contributed by atoms with Gasteiger partial charge < -0.3 is 10.1 Å². The minimum absolute atomic E-state index is 0.232. The lowest BCUT2D eigenvalue weighted by molar-refractivity contribution is -0.128. The fourth-order valence-electron chi connectivity index (χ4n) is 2.35. The van der Waals surface area contributed by atoms with E-state index in [0.29, 0.717) is 16.5 Å². The predicted octanol–water partition coefficient (Wildman–Crippen LogP) is 5.57. The summed E-state index contributed by atoms with van der Waals surface area (Å²) in [6, 6.07) is 14.5. The van der Waals surface area contributed by atoms with Gasteiger partial charge in [0.1, 0.15) is 5.75 Å². The van der Waals surface area contributed by atoms with Crippen LogP contribution in [-0.4, -0.2) is 16.5 Å². The van der Waals surface area contributed by atoms with Crippen molar-refractivity contribution in [3.8, 4) is 17.0 Å². The third-order valence-electron chi connectivity index (χ3n) is 3.79. The number of amides is 1. The van der Waals surface area contributed by atoms with Crippen LogP contribution in [0.1, 0.15) is 18.9 Å². The molecule has 0 saturated heterocycles. The molecule has 134 valence electrons. The van der Waals surface area contributed by atoms with Crippen molar-refractivity contribution >= 4 is 34.5 Å². The van der Waals surface area contributed by atoms with Crippen LogP contribution < -0.4 is 10.1 Å². The van der Waals surface area contributed by atoms with Crippen molar-refractivity contribution in [3.05, 3.63) is 63.9 Å². The van der Waals surface area contributed by atoms with Crippen molar-refractivity contribution in [2.75, 3.05) is 5.32 Å². The number of anilines is 1. The van der Waals surface area contributed by atoms with Crippen LogP contribution in [0.15, 0.2) is 53.9 Å². The fraction of sp³-hybridized carbons (Fsp3) is 0.200. The lowest BCUT2D eigenvalue weighted by Crippen LogP contribution is -2.42. The Labute approximate surface area is 161 Å². The summed E-state index contributed by atoms with van der Waals surface area (Å²) in [6.45, 7) is 5.43. The number of carbonyl (C=O) groups is 1. The number of aryl methyl sites for hydroxylation is 1. The third-order valence-corrected chi connectivity index (χ3v) is 4.82. The van der Waals surface area contributed by atoms with Crippen LogP contribution in [0, 0.1) is 6.92 Å². The van der Waals surface area contributed by atoms with E-state index in [1.807, 2.05) is 36.6 Å². The van der Waals surface area contributed by atoms with Crippen LogP contribution in [0.5, 0.6) is 5.75 Å². The number of rotatable bonds is 5. The molecule has 0 aliphatic carbocycles. The molecular weight excluding hydrogens is 368 g/mol. The number of hydrogen-bond acceptors (Lipinski definition) is 4. The van der Waals surface area contributed by atoms with E-state index in [1.165, 1.54) is 0 Å². The maximum Gasteiger partial charge on any atom is 0.267 e. The maximum absolute atomic E-state index is 12.6. The van der Waals surface area contributed by atoms with Gasteiger partial charge >= 0.3 is 0 Å². The fourth-order valence-corrected chi connectivity index (χ4v) is 3.09. The molecule has 0 fully saturated rings. The molecule has 0 saturated carbocycles. The number of hydrogen-bond donors (Lipinski definition) is 1. The molecule has 1 heterocycles. The Morgan fingerprint density at radius 3 is 2.35 bits per heavy atom. The molecule has 0 unspecified atom stereocenters. The van der Waals surface area contributed by atoms with E-state index in [0.717, 1.165) is 16.3 Å². The van der Waals surface area contributed by atoms with Gasteiger partial charge in [0, 0.05) is 21.7 Å². The molecule has 0 aliphatic rings. The first-order valence-corrected chi connectivity index (χ1v) is 9.38. The first-order chi connectivity index (χ1) is 12.3. The maximum atomic E-state index is 12.6. The SMILES string of the molecule is Cc1nc(-c2ccc(NC(=O)C(C)(C)Oc3ccc(Cl)cc3)cc2)cs1. The number of halogens is 1. The summed E-state index contributed by atoms with van der Waals surface area (Å²) < 4.78 is 5.81. The molecule has 0 radical (unpaired) electrons. The second-order valence-electron chi connectivity index (χ2n) is 6.35. The van der Waals surface area contributed by atoms with Crippen LogP contribution in [-0.2, 0) is 4.79 Å². The average molecular weight is 387 g/mol. The second kappa shape index (κ2) is 7.48. The van der Waals surface area contributed by atoms with Crippen LogP contribution in [0.2, 0.25) is 5.02 Å². The standard InChI is InChI=1S/C20H19ClN2O2S/c1-13-22-18(12-26-13)14-4-8-16(9-5-14)23-19(24)20(2,3)25-17-10-6-15(21)7-11-17/h4-12H,1-3H3,(H,23,24). The lowest BCUT2D eigenvalue weighted by Gasteiger charge is -2.25. The van der Waals surface area contributed by atoms with Gasteiger partial charge in [0.05, 0.1) is 10.7 Å². The van der Waals surface area contributed by atoms with Crippen LogP contribution in [0.25, 0.3) is 11.3 Å². The van der Waals surface area contributed by atoms with Gasteiger partial charge in [0.2, 0.25) is 0 Å². The minimum atomic E-state index is -1.03. The Hall–Kier alpha value is -2.37. The Balaban J connectivity index is 1.67. The topological polar surface area (TPSA) is 51.2 Å². The lowest BCUT2D eigenvalue weighted by atomic mass is 10.1.